The molecule has 4 nitrogen and oxygen atoms in total. The minimum Gasteiger partial charge on any atom is -0.485 e. The normalized spacial score (nSPS) is 23.0. The third-order valence-corrected chi connectivity index (χ3v) is 6.67. The van der Waals surface area contributed by atoms with Gasteiger partial charge < -0.3 is 14.0 Å². The van der Waals surface area contributed by atoms with E-state index < -0.39 is 7.12 Å². The summed E-state index contributed by atoms with van der Waals surface area (Å²) in [7, 11) is -0.392. The molecule has 1 atom stereocenters. The molecule has 2 heterocycles. The van der Waals surface area contributed by atoms with E-state index in [2.05, 4.69) is 52.0 Å². The minimum absolute atomic E-state index is 0.0377. The van der Waals surface area contributed by atoms with Crippen LogP contribution in [0.4, 0.5) is 0 Å². The molecule has 0 saturated carbocycles. The zero-order valence-electron chi connectivity index (χ0n) is 17.7. The minimum atomic E-state index is -0.392. The van der Waals surface area contributed by atoms with E-state index in [4.69, 9.17) is 19.3 Å². The van der Waals surface area contributed by atoms with Crippen LogP contribution in [0.2, 0.25) is 0 Å². The van der Waals surface area contributed by atoms with Crippen molar-refractivity contribution in [1.29, 1.82) is 5.26 Å². The van der Waals surface area contributed by atoms with Crippen molar-refractivity contribution in [3.05, 3.63) is 71.3 Å². The maximum atomic E-state index is 9.04. The Morgan fingerprint density at radius 1 is 1.00 bits per heavy atom. The molecule has 2 aliphatic heterocycles. The Kier molecular flexibility index (Phi) is 4.22. The predicted molar refractivity (Wildman–Crippen MR) is 118 cm³/mol. The van der Waals surface area contributed by atoms with E-state index in [0.29, 0.717) is 5.56 Å². The number of hydrogen-bond acceptors (Lipinski definition) is 4. The van der Waals surface area contributed by atoms with Gasteiger partial charge in [0, 0.05) is 17.6 Å². The van der Waals surface area contributed by atoms with Crippen molar-refractivity contribution in [1.82, 2.24) is 0 Å². The fourth-order valence-electron chi connectivity index (χ4n) is 4.14. The molecule has 150 valence electrons. The number of allylic oxidation sites excluding steroid dienone is 2. The van der Waals surface area contributed by atoms with Crippen molar-refractivity contribution in [2.75, 3.05) is 0 Å². The Balaban J connectivity index is 1.48. The molecule has 3 aliphatic rings. The molecule has 0 radical (unpaired) electrons. The first-order chi connectivity index (χ1) is 14.3. The molecule has 1 unspecified atom stereocenters. The molecule has 2 aromatic rings. The van der Waals surface area contributed by atoms with Crippen LogP contribution in [0.25, 0.3) is 11.1 Å². The maximum absolute atomic E-state index is 9.04. The standard InChI is InChI=1S/C25H24BNO3/c1-24(2)25(3,4)30-26(29-24)19-10-12-23-21(14-19)20-13-18(9-11-22(20)28-23)17-7-5-16(15-27)6-8-17/h5-10,12-14,22H,11H2,1-4H3. The fraction of sp³-hybridized carbons (Fsp3) is 0.320. The zero-order chi connectivity index (χ0) is 21.1. The lowest BCUT2D eigenvalue weighted by atomic mass is 9.77. The summed E-state index contributed by atoms with van der Waals surface area (Å²) in [6.45, 7) is 8.27. The molecule has 30 heavy (non-hydrogen) atoms. The molecule has 0 spiro atoms. The number of rotatable bonds is 2. The molecule has 0 N–H and O–H groups in total. The summed E-state index contributed by atoms with van der Waals surface area (Å²) >= 11 is 0. The van der Waals surface area contributed by atoms with E-state index in [-0.39, 0.29) is 17.3 Å². The van der Waals surface area contributed by atoms with Crippen molar-refractivity contribution >= 4 is 23.7 Å². The van der Waals surface area contributed by atoms with Crippen LogP contribution < -0.4 is 10.2 Å². The van der Waals surface area contributed by atoms with Gasteiger partial charge in [0.2, 0.25) is 0 Å². The van der Waals surface area contributed by atoms with E-state index in [1.807, 2.05) is 36.4 Å². The molecule has 0 aromatic heterocycles. The summed E-state index contributed by atoms with van der Waals surface area (Å²) in [6, 6.07) is 16.1. The largest absolute Gasteiger partial charge is 0.494 e. The van der Waals surface area contributed by atoms with Gasteiger partial charge in [-0.3, -0.25) is 0 Å². The van der Waals surface area contributed by atoms with Crippen LogP contribution in [0.1, 0.15) is 50.8 Å². The van der Waals surface area contributed by atoms with Crippen LogP contribution in [-0.2, 0) is 9.31 Å². The summed E-state index contributed by atoms with van der Waals surface area (Å²) in [4.78, 5) is 0. The molecular formula is C25H24BNO3. The highest BCUT2D eigenvalue weighted by molar-refractivity contribution is 6.62. The van der Waals surface area contributed by atoms with Crippen LogP contribution in [0, 0.1) is 11.3 Å². The van der Waals surface area contributed by atoms with Gasteiger partial charge in [-0.15, -0.1) is 0 Å². The van der Waals surface area contributed by atoms with E-state index in [0.717, 1.165) is 34.3 Å². The van der Waals surface area contributed by atoms with Gasteiger partial charge in [0.15, 0.2) is 0 Å². The highest BCUT2D eigenvalue weighted by Crippen LogP contribution is 2.43. The summed E-state index contributed by atoms with van der Waals surface area (Å²) in [6.07, 6.45) is 5.27. The smallest absolute Gasteiger partial charge is 0.485 e. The van der Waals surface area contributed by atoms with Crippen LogP contribution in [0.3, 0.4) is 0 Å². The summed E-state index contributed by atoms with van der Waals surface area (Å²) in [5.41, 5.74) is 5.49. The lowest BCUT2D eigenvalue weighted by Crippen LogP contribution is -2.41. The highest BCUT2D eigenvalue weighted by atomic mass is 16.7. The molecule has 1 fully saturated rings. The molecule has 0 bridgehead atoms. The molecule has 1 aliphatic carbocycles. The van der Waals surface area contributed by atoms with Gasteiger partial charge in [-0.1, -0.05) is 30.3 Å². The van der Waals surface area contributed by atoms with E-state index in [1.165, 1.54) is 5.57 Å². The summed E-state index contributed by atoms with van der Waals surface area (Å²) in [5, 5.41) is 9.04. The molecule has 1 saturated heterocycles. The van der Waals surface area contributed by atoms with Crippen LogP contribution in [0.5, 0.6) is 5.75 Å². The lowest BCUT2D eigenvalue weighted by molar-refractivity contribution is 0.00578. The topological polar surface area (TPSA) is 51.5 Å². The van der Waals surface area contributed by atoms with Crippen molar-refractivity contribution in [3.63, 3.8) is 0 Å². The van der Waals surface area contributed by atoms with Gasteiger partial charge >= 0.3 is 7.12 Å². The summed E-state index contributed by atoms with van der Waals surface area (Å²) < 4.78 is 18.7. The quantitative estimate of drug-likeness (QED) is 0.701. The fourth-order valence-corrected chi connectivity index (χ4v) is 4.14. The van der Waals surface area contributed by atoms with E-state index in [9.17, 15) is 0 Å². The molecular weight excluding hydrogens is 373 g/mol. The Bertz CT molecular complexity index is 1110. The number of fused-ring (bicyclic) bond motifs is 3. The van der Waals surface area contributed by atoms with Gasteiger partial charge in [-0.2, -0.15) is 5.26 Å². The first kappa shape index (κ1) is 19.2. The first-order valence-corrected chi connectivity index (χ1v) is 10.4. The Morgan fingerprint density at radius 3 is 2.37 bits per heavy atom. The number of benzene rings is 2. The molecule has 0 amide bonds. The zero-order valence-corrected chi connectivity index (χ0v) is 17.7. The average Bonchev–Trinajstić information content (AvgIpc) is 3.20. The van der Waals surface area contributed by atoms with Gasteiger partial charge in [0.05, 0.1) is 22.8 Å². The highest BCUT2D eigenvalue weighted by Gasteiger charge is 2.52. The second-order valence-electron chi connectivity index (χ2n) is 9.13. The number of nitriles is 1. The Hall–Kier alpha value is -2.81. The van der Waals surface area contributed by atoms with Gasteiger partial charge in [-0.05, 0) is 68.6 Å². The van der Waals surface area contributed by atoms with Gasteiger partial charge in [0.25, 0.3) is 0 Å². The SMILES string of the molecule is CC1(C)OB(c2ccc3c(c2)C2=CC(c4ccc(C#N)cc4)=CCC2O3)OC1(C)C. The molecule has 5 heteroatoms. The maximum Gasteiger partial charge on any atom is 0.494 e. The number of hydrogen-bond donors (Lipinski definition) is 0. The second kappa shape index (κ2) is 6.60. The van der Waals surface area contributed by atoms with E-state index in [1.54, 1.807) is 0 Å². The van der Waals surface area contributed by atoms with Crippen molar-refractivity contribution in [2.45, 2.75) is 51.4 Å². The van der Waals surface area contributed by atoms with Crippen molar-refractivity contribution in [3.8, 4) is 11.8 Å². The average molecular weight is 397 g/mol. The lowest BCUT2D eigenvalue weighted by Gasteiger charge is -2.32. The summed E-state index contributed by atoms with van der Waals surface area (Å²) in [5.74, 6) is 0.904. The van der Waals surface area contributed by atoms with Crippen molar-refractivity contribution in [2.24, 2.45) is 0 Å². The monoisotopic (exact) mass is 397 g/mol. The van der Waals surface area contributed by atoms with Crippen LogP contribution in [-0.4, -0.2) is 24.4 Å². The number of nitrogens with zero attached hydrogens (tertiary/aromatic N) is 1. The Labute approximate surface area is 177 Å². The van der Waals surface area contributed by atoms with Crippen LogP contribution in [0.15, 0.2) is 54.6 Å². The predicted octanol–water partition coefficient (Wildman–Crippen LogP) is 4.49. The number of ether oxygens (including phenoxy) is 1. The van der Waals surface area contributed by atoms with Gasteiger partial charge in [-0.25, -0.2) is 0 Å². The Morgan fingerprint density at radius 2 is 1.70 bits per heavy atom. The van der Waals surface area contributed by atoms with Gasteiger partial charge in [0.1, 0.15) is 11.9 Å². The third kappa shape index (κ3) is 2.99. The third-order valence-electron chi connectivity index (χ3n) is 6.67. The van der Waals surface area contributed by atoms with E-state index >= 15 is 0 Å². The van der Waals surface area contributed by atoms with Crippen molar-refractivity contribution < 1.29 is 14.0 Å². The molecule has 2 aromatic carbocycles. The second-order valence-corrected chi connectivity index (χ2v) is 9.13. The molecule has 5 rings (SSSR count). The first-order valence-electron chi connectivity index (χ1n) is 10.4. The van der Waals surface area contributed by atoms with Crippen LogP contribution >= 0.6 is 0 Å².